The van der Waals surface area contributed by atoms with Gasteiger partial charge in [0.1, 0.15) is 12.4 Å². The molecule has 1 N–H and O–H groups in total. The van der Waals surface area contributed by atoms with Crippen LogP contribution in [0.25, 0.3) is 11.3 Å². The molecule has 2 aromatic carbocycles. The van der Waals surface area contributed by atoms with Gasteiger partial charge in [0.25, 0.3) is 0 Å². The second-order valence-corrected chi connectivity index (χ2v) is 12.4. The summed E-state index contributed by atoms with van der Waals surface area (Å²) in [7, 11) is 0. The SMILES string of the molecule is O=C1CCC(c2ccc(OCCOCCOCCn3cc(CCOc4c(-c5csc(N6CCOCC6)n5)ccc(F)c4F)nn3)cc2)C(=O)N1. The van der Waals surface area contributed by atoms with E-state index < -0.39 is 11.6 Å². The molecule has 1 atom stereocenters. The summed E-state index contributed by atoms with van der Waals surface area (Å²) < 4.78 is 58.7. The minimum Gasteiger partial charge on any atom is -0.491 e. The minimum atomic E-state index is -1.06. The molecule has 0 saturated carbocycles. The van der Waals surface area contributed by atoms with Gasteiger partial charge in [0.15, 0.2) is 16.7 Å². The molecule has 2 aliphatic heterocycles. The fourth-order valence-electron chi connectivity index (χ4n) is 5.49. The lowest BCUT2D eigenvalue weighted by molar-refractivity contribution is -0.134. The van der Waals surface area contributed by atoms with Crippen LogP contribution in [-0.4, -0.2) is 97.7 Å². The van der Waals surface area contributed by atoms with Gasteiger partial charge in [-0.05, 0) is 36.2 Å². The van der Waals surface area contributed by atoms with E-state index >= 15 is 0 Å². The average molecular weight is 713 g/mol. The average Bonchev–Trinajstić information content (AvgIpc) is 3.81. The summed E-state index contributed by atoms with van der Waals surface area (Å²) in [6.45, 7) is 5.16. The fraction of sp³-hybridized carbons (Fsp3) is 0.441. The number of ether oxygens (including phenoxy) is 5. The van der Waals surface area contributed by atoms with Crippen molar-refractivity contribution in [3.8, 4) is 22.8 Å². The smallest absolute Gasteiger partial charge is 0.234 e. The number of halogens is 2. The zero-order valence-electron chi connectivity index (χ0n) is 27.4. The number of carbonyl (C=O) groups excluding carboxylic acids is 2. The van der Waals surface area contributed by atoms with Gasteiger partial charge in [0, 0.05) is 43.1 Å². The quantitative estimate of drug-likeness (QED) is 0.127. The molecule has 0 bridgehead atoms. The summed E-state index contributed by atoms with van der Waals surface area (Å²) in [5.41, 5.74) is 2.39. The molecule has 16 heteroatoms. The van der Waals surface area contributed by atoms with Crippen LogP contribution in [0, 0.1) is 11.6 Å². The highest BCUT2D eigenvalue weighted by molar-refractivity contribution is 7.14. The summed E-state index contributed by atoms with van der Waals surface area (Å²) in [5, 5.41) is 13.2. The fourth-order valence-corrected chi connectivity index (χ4v) is 6.37. The van der Waals surface area contributed by atoms with Gasteiger partial charge in [-0.25, -0.2) is 14.1 Å². The minimum absolute atomic E-state index is 0.0672. The zero-order chi connectivity index (χ0) is 34.7. The molecule has 4 aromatic rings. The van der Waals surface area contributed by atoms with Crippen molar-refractivity contribution in [2.45, 2.75) is 31.7 Å². The van der Waals surface area contributed by atoms with E-state index in [2.05, 4.69) is 25.5 Å². The van der Waals surface area contributed by atoms with E-state index in [4.69, 9.17) is 23.7 Å². The predicted octanol–water partition coefficient (Wildman–Crippen LogP) is 3.77. The first-order chi connectivity index (χ1) is 24.4. The lowest BCUT2D eigenvalue weighted by Crippen LogP contribution is -2.39. The van der Waals surface area contributed by atoms with Crippen molar-refractivity contribution in [2.24, 2.45) is 0 Å². The third kappa shape index (κ3) is 9.38. The van der Waals surface area contributed by atoms with E-state index in [-0.39, 0.29) is 30.1 Å². The Bertz CT molecular complexity index is 1730. The van der Waals surface area contributed by atoms with E-state index in [1.165, 1.54) is 17.4 Å². The molecule has 0 aliphatic carbocycles. The summed E-state index contributed by atoms with van der Waals surface area (Å²) in [5.74, 6) is -2.38. The zero-order valence-corrected chi connectivity index (χ0v) is 28.2. The van der Waals surface area contributed by atoms with Gasteiger partial charge < -0.3 is 28.6 Å². The Labute approximate surface area is 291 Å². The van der Waals surface area contributed by atoms with Crippen LogP contribution in [-0.2, 0) is 36.8 Å². The van der Waals surface area contributed by atoms with Gasteiger partial charge in [-0.15, -0.1) is 16.4 Å². The lowest BCUT2D eigenvalue weighted by atomic mass is 9.90. The third-order valence-corrected chi connectivity index (χ3v) is 9.05. The summed E-state index contributed by atoms with van der Waals surface area (Å²) in [4.78, 5) is 30.2. The highest BCUT2D eigenvalue weighted by Gasteiger charge is 2.28. The van der Waals surface area contributed by atoms with Crippen LogP contribution in [0.4, 0.5) is 13.9 Å². The van der Waals surface area contributed by atoms with Crippen molar-refractivity contribution in [2.75, 3.05) is 70.8 Å². The first-order valence-corrected chi connectivity index (χ1v) is 17.3. The number of piperidine rings is 1. The Hall–Kier alpha value is -4.51. The van der Waals surface area contributed by atoms with Gasteiger partial charge in [-0.1, -0.05) is 17.3 Å². The number of thiazole rings is 1. The maximum Gasteiger partial charge on any atom is 0.234 e. The van der Waals surface area contributed by atoms with Gasteiger partial charge in [0.05, 0.1) is 70.1 Å². The van der Waals surface area contributed by atoms with Crippen molar-refractivity contribution in [3.63, 3.8) is 0 Å². The van der Waals surface area contributed by atoms with Crippen molar-refractivity contribution in [1.82, 2.24) is 25.3 Å². The number of amides is 2. The molecule has 2 aliphatic rings. The lowest BCUT2D eigenvalue weighted by Gasteiger charge is -2.26. The number of hydrogen-bond donors (Lipinski definition) is 1. The number of imide groups is 1. The molecule has 2 amide bonds. The van der Waals surface area contributed by atoms with Crippen LogP contribution in [0.3, 0.4) is 0 Å². The van der Waals surface area contributed by atoms with Crippen molar-refractivity contribution >= 4 is 28.3 Å². The normalized spacial score (nSPS) is 16.4. The summed E-state index contributed by atoms with van der Waals surface area (Å²) in [6.07, 6.45) is 2.94. The van der Waals surface area contributed by atoms with E-state index in [9.17, 15) is 18.4 Å². The molecule has 0 radical (unpaired) electrons. The van der Waals surface area contributed by atoms with Gasteiger partial charge in [-0.2, -0.15) is 4.39 Å². The Morgan fingerprint density at radius 1 is 0.940 bits per heavy atom. The molecular formula is C34H38F2N6O7S. The van der Waals surface area contributed by atoms with Crippen LogP contribution >= 0.6 is 11.3 Å². The maximum atomic E-state index is 14.9. The van der Waals surface area contributed by atoms with Gasteiger partial charge >= 0.3 is 0 Å². The molecule has 50 heavy (non-hydrogen) atoms. The summed E-state index contributed by atoms with van der Waals surface area (Å²) >= 11 is 1.44. The number of morpholine rings is 1. The molecule has 266 valence electrons. The topological polar surface area (TPSA) is 139 Å². The molecule has 0 spiro atoms. The van der Waals surface area contributed by atoms with Crippen LogP contribution in [0.5, 0.6) is 11.5 Å². The molecule has 13 nitrogen and oxygen atoms in total. The highest BCUT2D eigenvalue weighted by atomic mass is 32.1. The second-order valence-electron chi connectivity index (χ2n) is 11.6. The van der Waals surface area contributed by atoms with Crippen LogP contribution in [0.15, 0.2) is 48.0 Å². The molecule has 1 unspecified atom stereocenters. The van der Waals surface area contributed by atoms with Crippen LogP contribution < -0.4 is 19.7 Å². The van der Waals surface area contributed by atoms with Crippen LogP contribution in [0.1, 0.15) is 30.0 Å². The number of rotatable bonds is 17. The largest absolute Gasteiger partial charge is 0.491 e. The molecule has 2 saturated heterocycles. The first-order valence-electron chi connectivity index (χ1n) is 16.4. The summed E-state index contributed by atoms with van der Waals surface area (Å²) in [6, 6.07) is 9.84. The second kappa shape index (κ2) is 17.4. The van der Waals surface area contributed by atoms with Crippen molar-refractivity contribution < 1.29 is 42.1 Å². The number of benzene rings is 2. The molecule has 2 fully saturated rings. The Kier molecular flexibility index (Phi) is 12.3. The van der Waals surface area contributed by atoms with Gasteiger partial charge in [0.2, 0.25) is 17.6 Å². The van der Waals surface area contributed by atoms with Crippen LogP contribution in [0.2, 0.25) is 0 Å². The first kappa shape index (κ1) is 35.3. The number of anilines is 1. The number of carbonyl (C=O) groups is 2. The number of aromatic nitrogens is 4. The number of nitrogens with one attached hydrogen (secondary N) is 1. The van der Waals surface area contributed by atoms with E-state index in [1.807, 2.05) is 17.5 Å². The maximum absolute atomic E-state index is 14.9. The molecular weight excluding hydrogens is 674 g/mol. The van der Waals surface area contributed by atoms with Crippen molar-refractivity contribution in [3.05, 3.63) is 70.9 Å². The number of nitrogens with zero attached hydrogens (tertiary/aromatic N) is 5. The Balaban J connectivity index is 0.854. The Morgan fingerprint density at radius 2 is 1.72 bits per heavy atom. The highest BCUT2D eigenvalue weighted by Crippen LogP contribution is 2.36. The molecule has 6 rings (SSSR count). The van der Waals surface area contributed by atoms with Gasteiger partial charge in [-0.3, -0.25) is 14.9 Å². The van der Waals surface area contributed by atoms with Crippen molar-refractivity contribution in [1.29, 1.82) is 0 Å². The third-order valence-electron chi connectivity index (χ3n) is 8.15. The monoisotopic (exact) mass is 712 g/mol. The molecule has 4 heterocycles. The van der Waals surface area contributed by atoms with E-state index in [0.717, 1.165) is 29.9 Å². The number of hydrogen-bond acceptors (Lipinski definition) is 12. The predicted molar refractivity (Wildman–Crippen MR) is 178 cm³/mol. The van der Waals surface area contributed by atoms with E-state index in [1.54, 1.807) is 23.0 Å². The van der Waals surface area contributed by atoms with E-state index in [0.29, 0.717) is 94.8 Å². The molecule has 2 aromatic heterocycles. The Morgan fingerprint density at radius 3 is 2.52 bits per heavy atom. The standard InChI is InChI=1S/C34H38F2N6O7S/c35-28-7-5-27(29-22-50-34(37-29)41-10-14-45-15-11-41)32(31(28)36)49-13-9-24-21-42(40-39-24)12-16-46-17-18-47-19-20-48-25-3-1-23(2-4-25)26-6-8-30(43)38-33(26)44/h1-5,7,21-22,26H,6,8-20H2,(H,38,43,44).